The predicted molar refractivity (Wildman–Crippen MR) is 68.7 cm³/mol. The van der Waals surface area contributed by atoms with Crippen molar-refractivity contribution in [2.75, 3.05) is 6.26 Å². The number of nitrogens with one attached hydrogen (secondary N) is 1. The van der Waals surface area contributed by atoms with Crippen LogP contribution in [0.4, 0.5) is 0 Å². The normalized spacial score (nSPS) is 15.4. The van der Waals surface area contributed by atoms with Gasteiger partial charge in [0.2, 0.25) is 0 Å². The van der Waals surface area contributed by atoms with E-state index in [-0.39, 0.29) is 6.04 Å². The zero-order chi connectivity index (χ0) is 13.0. The smallest absolute Gasteiger partial charge is 0.154 e. The van der Waals surface area contributed by atoms with E-state index >= 15 is 0 Å². The van der Waals surface area contributed by atoms with Crippen LogP contribution in [0.5, 0.6) is 0 Å². The zero-order valence-electron chi connectivity index (χ0n) is 11.1. The number of sulfone groups is 1. The molecule has 0 aromatic carbocycles. The summed E-state index contributed by atoms with van der Waals surface area (Å²) in [6.07, 6.45) is 4.16. The number of hydrogen-bond acceptors (Lipinski definition) is 4. The maximum atomic E-state index is 11.7. The van der Waals surface area contributed by atoms with Crippen LogP contribution >= 0.6 is 0 Å². The lowest BCUT2D eigenvalue weighted by molar-refractivity contribution is 0.320. The lowest BCUT2D eigenvalue weighted by Gasteiger charge is -2.34. The molecule has 0 rings (SSSR count). The molecule has 0 amide bonds. The summed E-state index contributed by atoms with van der Waals surface area (Å²) in [6, 6.07) is -0.201. The first-order chi connectivity index (χ1) is 7.20. The number of rotatable bonds is 7. The summed E-state index contributed by atoms with van der Waals surface area (Å²) >= 11 is 0. The van der Waals surface area contributed by atoms with Crippen molar-refractivity contribution in [2.45, 2.75) is 57.7 Å². The summed E-state index contributed by atoms with van der Waals surface area (Å²) < 4.78 is 22.6. The molecule has 3 N–H and O–H groups in total. The first-order valence-electron chi connectivity index (χ1n) is 5.86. The molecule has 0 saturated heterocycles. The van der Waals surface area contributed by atoms with E-state index in [1.54, 1.807) is 13.8 Å². The van der Waals surface area contributed by atoms with Crippen LogP contribution in [0.25, 0.3) is 0 Å². The molecule has 0 radical (unpaired) electrons. The van der Waals surface area contributed by atoms with Crippen molar-refractivity contribution in [3.8, 4) is 0 Å². The van der Waals surface area contributed by atoms with Gasteiger partial charge in [0.25, 0.3) is 0 Å². The summed E-state index contributed by atoms with van der Waals surface area (Å²) in [5, 5.41) is 0. The average Bonchev–Trinajstić information content (AvgIpc) is 2.17. The Labute approximate surface area is 99.9 Å². The molecule has 0 heterocycles. The quantitative estimate of drug-likeness (QED) is 0.530. The molecule has 1 unspecified atom stereocenters. The van der Waals surface area contributed by atoms with Gasteiger partial charge in [-0.2, -0.15) is 0 Å². The highest BCUT2D eigenvalue weighted by molar-refractivity contribution is 7.92. The third-order valence-electron chi connectivity index (χ3n) is 3.72. The molecule has 0 aromatic rings. The molecule has 5 heteroatoms. The lowest BCUT2D eigenvalue weighted by Crippen LogP contribution is -2.54. The second-order valence-electron chi connectivity index (χ2n) is 5.01. The predicted octanol–water partition coefficient (Wildman–Crippen LogP) is 1.47. The number of hydrogen-bond donors (Lipinski definition) is 2. The molecule has 0 spiro atoms. The maximum absolute atomic E-state index is 11.7. The third kappa shape index (κ3) is 3.71. The topological polar surface area (TPSA) is 72.2 Å². The summed E-state index contributed by atoms with van der Waals surface area (Å²) in [5.41, 5.74) is 2.67. The first-order valence-corrected chi connectivity index (χ1v) is 7.75. The Balaban J connectivity index is 4.86. The van der Waals surface area contributed by atoms with Crippen LogP contribution in [-0.2, 0) is 9.84 Å². The van der Waals surface area contributed by atoms with Gasteiger partial charge in [-0.3, -0.25) is 11.3 Å². The largest absolute Gasteiger partial charge is 0.271 e. The Morgan fingerprint density at radius 3 is 1.94 bits per heavy atom. The van der Waals surface area contributed by atoms with Crippen LogP contribution in [0.3, 0.4) is 0 Å². The Bertz CT molecular complexity index is 295. The lowest BCUT2D eigenvalue weighted by atomic mass is 9.89. The Hall–Kier alpha value is -0.130. The van der Waals surface area contributed by atoms with E-state index in [2.05, 4.69) is 19.3 Å². The molecule has 0 aliphatic carbocycles. The summed E-state index contributed by atoms with van der Waals surface area (Å²) in [7, 11) is -3.12. The van der Waals surface area contributed by atoms with E-state index in [0.29, 0.717) is 5.92 Å². The molecular weight excluding hydrogens is 224 g/mol. The van der Waals surface area contributed by atoms with E-state index in [4.69, 9.17) is 5.84 Å². The SMILES string of the molecule is CCC(CC)CC(NN)C(C)(C)S(C)(=O)=O. The van der Waals surface area contributed by atoms with Crippen LogP contribution in [0.1, 0.15) is 47.0 Å². The minimum Gasteiger partial charge on any atom is -0.271 e. The van der Waals surface area contributed by atoms with Gasteiger partial charge in [-0.15, -0.1) is 0 Å². The molecule has 4 nitrogen and oxygen atoms in total. The van der Waals surface area contributed by atoms with Crippen LogP contribution in [0.15, 0.2) is 0 Å². The molecule has 98 valence electrons. The summed E-state index contributed by atoms with van der Waals surface area (Å²) in [6.45, 7) is 7.70. The van der Waals surface area contributed by atoms with Gasteiger partial charge in [-0.1, -0.05) is 26.7 Å². The third-order valence-corrected chi connectivity index (χ3v) is 5.92. The van der Waals surface area contributed by atoms with Crippen molar-refractivity contribution < 1.29 is 8.42 Å². The van der Waals surface area contributed by atoms with Crippen LogP contribution in [0.2, 0.25) is 0 Å². The number of hydrazine groups is 1. The summed E-state index contributed by atoms with van der Waals surface area (Å²) in [5.74, 6) is 6.01. The van der Waals surface area contributed by atoms with Crippen molar-refractivity contribution in [1.82, 2.24) is 5.43 Å². The molecule has 0 saturated carbocycles. The summed E-state index contributed by atoms with van der Waals surface area (Å²) in [4.78, 5) is 0. The highest BCUT2D eigenvalue weighted by Crippen LogP contribution is 2.26. The second-order valence-corrected chi connectivity index (χ2v) is 7.61. The van der Waals surface area contributed by atoms with E-state index < -0.39 is 14.6 Å². The highest BCUT2D eigenvalue weighted by atomic mass is 32.2. The van der Waals surface area contributed by atoms with E-state index in [9.17, 15) is 8.42 Å². The van der Waals surface area contributed by atoms with Crippen LogP contribution in [0, 0.1) is 5.92 Å². The molecule has 0 fully saturated rings. The molecule has 1 atom stereocenters. The average molecular weight is 250 g/mol. The molecular formula is C11H26N2O2S. The molecule has 0 bridgehead atoms. The zero-order valence-corrected chi connectivity index (χ0v) is 11.9. The fraction of sp³-hybridized carbons (Fsp3) is 1.00. The van der Waals surface area contributed by atoms with E-state index in [1.165, 1.54) is 6.26 Å². The minimum absolute atomic E-state index is 0.201. The Morgan fingerprint density at radius 1 is 1.25 bits per heavy atom. The molecule has 0 aliphatic rings. The van der Waals surface area contributed by atoms with Crippen molar-refractivity contribution in [1.29, 1.82) is 0 Å². The standard InChI is InChI=1S/C11H26N2O2S/c1-6-9(7-2)8-10(13-12)11(3,4)16(5,14)15/h9-10,13H,6-8,12H2,1-5H3. The maximum Gasteiger partial charge on any atom is 0.154 e. The fourth-order valence-corrected chi connectivity index (χ4v) is 2.45. The molecule has 16 heavy (non-hydrogen) atoms. The fourth-order valence-electron chi connectivity index (χ4n) is 1.77. The monoisotopic (exact) mass is 250 g/mol. The number of nitrogens with two attached hydrogens (primary N) is 1. The van der Waals surface area contributed by atoms with E-state index in [0.717, 1.165) is 19.3 Å². The van der Waals surface area contributed by atoms with Gasteiger partial charge < -0.3 is 0 Å². The Morgan fingerprint density at radius 2 is 1.69 bits per heavy atom. The van der Waals surface area contributed by atoms with Gasteiger partial charge in [-0.05, 0) is 26.2 Å². The van der Waals surface area contributed by atoms with Gasteiger partial charge in [0, 0.05) is 12.3 Å². The highest BCUT2D eigenvalue weighted by Gasteiger charge is 2.39. The van der Waals surface area contributed by atoms with Crippen molar-refractivity contribution >= 4 is 9.84 Å². The van der Waals surface area contributed by atoms with Crippen molar-refractivity contribution in [3.05, 3.63) is 0 Å². The minimum atomic E-state index is -3.12. The van der Waals surface area contributed by atoms with Crippen molar-refractivity contribution in [3.63, 3.8) is 0 Å². The van der Waals surface area contributed by atoms with Gasteiger partial charge in [0.1, 0.15) is 0 Å². The molecule has 0 aromatic heterocycles. The van der Waals surface area contributed by atoms with Crippen LogP contribution in [-0.4, -0.2) is 25.5 Å². The van der Waals surface area contributed by atoms with Gasteiger partial charge in [0.15, 0.2) is 9.84 Å². The molecule has 0 aliphatic heterocycles. The second kappa shape index (κ2) is 5.98. The van der Waals surface area contributed by atoms with E-state index in [1.807, 2.05) is 0 Å². The van der Waals surface area contributed by atoms with Gasteiger partial charge >= 0.3 is 0 Å². The van der Waals surface area contributed by atoms with Gasteiger partial charge in [0.05, 0.1) is 4.75 Å². The van der Waals surface area contributed by atoms with Crippen molar-refractivity contribution in [2.24, 2.45) is 11.8 Å². The Kier molecular flexibility index (Phi) is 5.93. The van der Waals surface area contributed by atoms with Crippen LogP contribution < -0.4 is 11.3 Å². The van der Waals surface area contributed by atoms with Gasteiger partial charge in [-0.25, -0.2) is 8.42 Å². The first kappa shape index (κ1) is 15.9.